The molecule has 1 amide bonds. The normalized spacial score (nSPS) is 25.5. The lowest BCUT2D eigenvalue weighted by Gasteiger charge is -2.46. The maximum atomic E-state index is 13.2. The van der Waals surface area contributed by atoms with Crippen LogP contribution in [0.5, 0.6) is 0 Å². The van der Waals surface area contributed by atoms with Crippen LogP contribution in [0.2, 0.25) is 0 Å². The molecule has 2 fully saturated rings. The molecular formula is C59H111NO13. The first-order chi connectivity index (χ1) is 35.6. The molecule has 14 heteroatoms. The van der Waals surface area contributed by atoms with Gasteiger partial charge in [0.15, 0.2) is 12.6 Å². The lowest BCUT2D eigenvalue weighted by Crippen LogP contribution is -2.65. The van der Waals surface area contributed by atoms with Gasteiger partial charge in [0.05, 0.1) is 32.0 Å². The highest BCUT2D eigenvalue weighted by Gasteiger charge is 2.51. The van der Waals surface area contributed by atoms with Crippen molar-refractivity contribution in [3.63, 3.8) is 0 Å². The van der Waals surface area contributed by atoms with Gasteiger partial charge < -0.3 is 65.1 Å². The fraction of sp³-hybridized carbons (Fsp3) is 0.915. The number of aliphatic hydroxyl groups is 8. The second kappa shape index (κ2) is 45.5. The van der Waals surface area contributed by atoms with Crippen LogP contribution in [0.15, 0.2) is 24.3 Å². The van der Waals surface area contributed by atoms with Gasteiger partial charge in [0.25, 0.3) is 0 Å². The molecule has 2 heterocycles. The molecule has 9 N–H and O–H groups in total. The van der Waals surface area contributed by atoms with Crippen LogP contribution in [0.25, 0.3) is 0 Å². The van der Waals surface area contributed by atoms with Gasteiger partial charge in [0.1, 0.15) is 48.8 Å². The van der Waals surface area contributed by atoms with E-state index in [1.165, 1.54) is 180 Å². The molecular weight excluding hydrogens is 931 g/mol. The summed E-state index contributed by atoms with van der Waals surface area (Å²) >= 11 is 0. The Morgan fingerprint density at radius 1 is 0.479 bits per heavy atom. The predicted octanol–water partition coefficient (Wildman–Crippen LogP) is 10.1. The lowest BCUT2D eigenvalue weighted by atomic mass is 9.97. The molecule has 0 bridgehead atoms. The topological polar surface area (TPSA) is 228 Å². The van der Waals surface area contributed by atoms with E-state index >= 15 is 0 Å². The van der Waals surface area contributed by atoms with Gasteiger partial charge >= 0.3 is 0 Å². The highest BCUT2D eigenvalue weighted by atomic mass is 16.7. The molecule has 0 radical (unpaired) electrons. The van der Waals surface area contributed by atoms with Crippen molar-refractivity contribution >= 4 is 5.91 Å². The van der Waals surface area contributed by atoms with Gasteiger partial charge in [0, 0.05) is 6.42 Å². The molecule has 2 saturated heterocycles. The predicted molar refractivity (Wildman–Crippen MR) is 291 cm³/mol. The number of hydrogen-bond donors (Lipinski definition) is 9. The van der Waals surface area contributed by atoms with Gasteiger partial charge in [0.2, 0.25) is 5.91 Å². The minimum absolute atomic E-state index is 0.241. The van der Waals surface area contributed by atoms with Crippen molar-refractivity contribution < 1.29 is 64.6 Å². The summed E-state index contributed by atoms with van der Waals surface area (Å²) in [5.74, 6) is -0.241. The van der Waals surface area contributed by atoms with Gasteiger partial charge in [-0.3, -0.25) is 4.79 Å². The minimum Gasteiger partial charge on any atom is -0.394 e. The Labute approximate surface area is 443 Å². The van der Waals surface area contributed by atoms with Crippen LogP contribution < -0.4 is 5.32 Å². The summed E-state index contributed by atoms with van der Waals surface area (Å²) in [4.78, 5) is 13.2. The molecule has 0 spiro atoms. The molecule has 430 valence electrons. The Morgan fingerprint density at radius 2 is 0.863 bits per heavy atom. The molecule has 2 rings (SSSR count). The van der Waals surface area contributed by atoms with Crippen molar-refractivity contribution in [3.05, 3.63) is 24.3 Å². The van der Waals surface area contributed by atoms with Crippen LogP contribution >= 0.6 is 0 Å². The van der Waals surface area contributed by atoms with E-state index in [1.54, 1.807) is 6.08 Å². The average molecular weight is 1040 g/mol. The van der Waals surface area contributed by atoms with Crippen molar-refractivity contribution in [1.82, 2.24) is 5.32 Å². The molecule has 12 atom stereocenters. The summed E-state index contributed by atoms with van der Waals surface area (Å²) in [6.45, 7) is 2.81. The molecule has 2 aliphatic rings. The number of nitrogens with one attached hydrogen (secondary N) is 1. The van der Waals surface area contributed by atoms with E-state index in [9.17, 15) is 45.6 Å². The summed E-state index contributed by atoms with van der Waals surface area (Å²) in [6, 6.07) is -0.915. The van der Waals surface area contributed by atoms with Crippen LogP contribution in [-0.4, -0.2) is 140 Å². The van der Waals surface area contributed by atoms with Crippen molar-refractivity contribution in [2.45, 2.75) is 325 Å². The number of amides is 1. The van der Waals surface area contributed by atoms with Crippen LogP contribution in [0.1, 0.15) is 251 Å². The quantitative estimate of drug-likeness (QED) is 0.0204. The number of carbonyl (C=O) groups excluding carboxylic acids is 1. The van der Waals surface area contributed by atoms with E-state index in [0.29, 0.717) is 6.42 Å². The zero-order chi connectivity index (χ0) is 53.2. The lowest BCUT2D eigenvalue weighted by molar-refractivity contribution is -0.359. The number of allylic oxidation sites excluding steroid dienone is 3. The van der Waals surface area contributed by atoms with E-state index in [4.69, 9.17) is 18.9 Å². The maximum Gasteiger partial charge on any atom is 0.220 e. The summed E-state index contributed by atoms with van der Waals surface area (Å²) in [6.07, 6.45) is 36.4. The van der Waals surface area contributed by atoms with Crippen molar-refractivity contribution in [2.75, 3.05) is 19.8 Å². The third-order valence-electron chi connectivity index (χ3n) is 14.9. The van der Waals surface area contributed by atoms with Crippen LogP contribution in [0.3, 0.4) is 0 Å². The number of ether oxygens (including phenoxy) is 4. The molecule has 73 heavy (non-hydrogen) atoms. The van der Waals surface area contributed by atoms with E-state index < -0.39 is 86.8 Å². The molecule has 0 aromatic carbocycles. The molecule has 0 saturated carbocycles. The van der Waals surface area contributed by atoms with Crippen molar-refractivity contribution in [1.29, 1.82) is 0 Å². The first-order valence-electron chi connectivity index (χ1n) is 30.1. The minimum atomic E-state index is -1.79. The van der Waals surface area contributed by atoms with Gasteiger partial charge in [-0.05, 0) is 44.9 Å². The first-order valence-corrected chi connectivity index (χ1v) is 30.1. The number of carbonyl (C=O) groups is 1. The number of rotatable bonds is 48. The SMILES string of the molecule is CCCCCCCC/C=C\CCCCCCCCCC(=O)NC(COC1OC(CO)C(OC2OC(CO)C(O)C(O)C2O)C(O)C1O)C(O)/C=C/CCCCCCCCCCCCCCCCCCCCCC. The molecule has 0 aromatic heterocycles. The zero-order valence-electron chi connectivity index (χ0n) is 46.1. The van der Waals surface area contributed by atoms with E-state index in [1.807, 2.05) is 6.08 Å². The van der Waals surface area contributed by atoms with Crippen LogP contribution in [0, 0.1) is 0 Å². The molecule has 0 aliphatic carbocycles. The smallest absolute Gasteiger partial charge is 0.220 e. The number of aliphatic hydroxyl groups excluding tert-OH is 8. The highest BCUT2D eigenvalue weighted by molar-refractivity contribution is 5.76. The monoisotopic (exact) mass is 1040 g/mol. The Kier molecular flexibility index (Phi) is 42.1. The standard InChI is InChI=1S/C59H111NO13/c1-3-5-7-9-11-13-15-17-19-21-22-23-24-25-27-28-30-32-34-36-38-40-42-48(63)47(60-51(64)43-41-39-37-35-33-31-29-26-20-18-16-14-12-10-8-6-4-2)46-70-58-56(69)54(67)57(50(45-62)72-58)73-59-55(68)53(66)52(65)49(44-61)71-59/h18,20,40,42,47-50,52-59,61-63,65-69H,3-17,19,21-39,41,43-46H2,1-2H3,(H,60,64)/b20-18-,42-40+. The molecule has 14 nitrogen and oxygen atoms in total. The number of hydrogen-bond acceptors (Lipinski definition) is 13. The summed E-state index contributed by atoms with van der Waals surface area (Å²) < 4.78 is 22.8. The Morgan fingerprint density at radius 3 is 1.30 bits per heavy atom. The fourth-order valence-corrected chi connectivity index (χ4v) is 9.99. The summed E-state index contributed by atoms with van der Waals surface area (Å²) in [5.41, 5.74) is 0. The second-order valence-electron chi connectivity index (χ2n) is 21.5. The molecule has 12 unspecified atom stereocenters. The van der Waals surface area contributed by atoms with E-state index in [2.05, 4.69) is 31.3 Å². The first kappa shape index (κ1) is 67.6. The largest absolute Gasteiger partial charge is 0.394 e. The van der Waals surface area contributed by atoms with E-state index in [-0.39, 0.29) is 18.9 Å². The van der Waals surface area contributed by atoms with Gasteiger partial charge in [-0.15, -0.1) is 0 Å². The highest BCUT2D eigenvalue weighted by Crippen LogP contribution is 2.30. The zero-order valence-corrected chi connectivity index (χ0v) is 46.1. The third-order valence-corrected chi connectivity index (χ3v) is 14.9. The Hall–Kier alpha value is -1.53. The van der Waals surface area contributed by atoms with Crippen LogP contribution in [-0.2, 0) is 23.7 Å². The fourth-order valence-electron chi connectivity index (χ4n) is 9.99. The third kappa shape index (κ3) is 31.5. The summed E-state index contributed by atoms with van der Waals surface area (Å²) in [5, 5.41) is 87.1. The molecule has 2 aliphatic heterocycles. The molecule has 0 aromatic rings. The maximum absolute atomic E-state index is 13.2. The Bertz CT molecular complexity index is 1320. The van der Waals surface area contributed by atoms with Crippen molar-refractivity contribution in [2.24, 2.45) is 0 Å². The summed E-state index contributed by atoms with van der Waals surface area (Å²) in [7, 11) is 0. The van der Waals surface area contributed by atoms with Crippen molar-refractivity contribution in [3.8, 4) is 0 Å². The van der Waals surface area contributed by atoms with Gasteiger partial charge in [-0.1, -0.05) is 224 Å². The second-order valence-corrected chi connectivity index (χ2v) is 21.5. The van der Waals surface area contributed by atoms with Crippen LogP contribution in [0.4, 0.5) is 0 Å². The van der Waals surface area contributed by atoms with Gasteiger partial charge in [-0.25, -0.2) is 0 Å². The Balaban J connectivity index is 1.77. The number of unbranched alkanes of at least 4 members (excludes halogenated alkanes) is 33. The van der Waals surface area contributed by atoms with E-state index in [0.717, 1.165) is 44.9 Å². The van der Waals surface area contributed by atoms with Gasteiger partial charge in [-0.2, -0.15) is 0 Å². The average Bonchev–Trinajstić information content (AvgIpc) is 3.39.